The molecule has 0 radical (unpaired) electrons. The predicted octanol–water partition coefficient (Wildman–Crippen LogP) is -3.73. The standard InChI is InChI=1S/C9H14N2O10/c10-9(11,20-7(18)3(12)1-5(14)15)21-8(19)4(13)2-6(16)17/h3-4,12-13H,1-2,10-11H2,(H,14,15)(H,16,17). The number of carboxylic acids is 2. The van der Waals surface area contributed by atoms with E-state index in [0.29, 0.717) is 0 Å². The second-order valence-corrected chi connectivity index (χ2v) is 3.79. The number of aliphatic hydroxyl groups excluding tert-OH is 2. The van der Waals surface area contributed by atoms with Crippen molar-refractivity contribution < 1.29 is 49.1 Å². The molecule has 21 heavy (non-hydrogen) atoms. The minimum absolute atomic E-state index is 1.01. The summed E-state index contributed by atoms with van der Waals surface area (Å²) in [4.78, 5) is 42.9. The number of esters is 2. The lowest BCUT2D eigenvalue weighted by molar-refractivity contribution is -0.235. The Morgan fingerprint density at radius 2 is 1.14 bits per heavy atom. The molecule has 2 unspecified atom stereocenters. The average Bonchev–Trinajstić information content (AvgIpc) is 2.25. The fourth-order valence-electron chi connectivity index (χ4n) is 0.969. The molecule has 8 N–H and O–H groups in total. The number of carboxylic acid groups (broad SMARTS) is 2. The van der Waals surface area contributed by atoms with Crippen LogP contribution < -0.4 is 11.5 Å². The van der Waals surface area contributed by atoms with Crippen LogP contribution in [0.15, 0.2) is 0 Å². The highest BCUT2D eigenvalue weighted by Crippen LogP contribution is 2.06. The van der Waals surface area contributed by atoms with Gasteiger partial charge in [-0.05, 0) is 0 Å². The van der Waals surface area contributed by atoms with Crippen LogP contribution in [0.5, 0.6) is 0 Å². The zero-order valence-corrected chi connectivity index (χ0v) is 10.5. The summed E-state index contributed by atoms with van der Waals surface area (Å²) in [5.41, 5.74) is 10.1. The Balaban J connectivity index is 4.55. The Morgan fingerprint density at radius 3 is 1.38 bits per heavy atom. The highest BCUT2D eigenvalue weighted by atomic mass is 16.8. The van der Waals surface area contributed by atoms with E-state index in [1.165, 1.54) is 0 Å². The molecule has 0 aromatic carbocycles. The summed E-state index contributed by atoms with van der Waals surface area (Å²) in [7, 11) is 0. The summed E-state index contributed by atoms with van der Waals surface area (Å²) in [6, 6.07) is -2.92. The van der Waals surface area contributed by atoms with Gasteiger partial charge in [-0.25, -0.2) is 21.1 Å². The highest BCUT2D eigenvalue weighted by Gasteiger charge is 2.35. The lowest BCUT2D eigenvalue weighted by Crippen LogP contribution is -2.58. The van der Waals surface area contributed by atoms with Crippen LogP contribution in [0.3, 0.4) is 0 Å². The second kappa shape index (κ2) is 7.49. The lowest BCUT2D eigenvalue weighted by Gasteiger charge is -2.25. The van der Waals surface area contributed by atoms with Crippen LogP contribution in [0.1, 0.15) is 12.8 Å². The van der Waals surface area contributed by atoms with E-state index in [1.54, 1.807) is 0 Å². The number of aliphatic hydroxyl groups is 2. The number of carbonyl (C=O) groups is 4. The molecule has 0 fully saturated rings. The summed E-state index contributed by atoms with van der Waals surface area (Å²) in [5, 5.41) is 34.8. The van der Waals surface area contributed by atoms with E-state index in [9.17, 15) is 19.2 Å². The predicted molar refractivity (Wildman–Crippen MR) is 59.8 cm³/mol. The molecule has 2 atom stereocenters. The van der Waals surface area contributed by atoms with Gasteiger partial charge in [-0.3, -0.25) is 9.59 Å². The maximum absolute atomic E-state index is 11.2. The zero-order chi connectivity index (χ0) is 16.8. The number of aliphatic carboxylic acids is 2. The normalized spacial score (nSPS) is 13.9. The number of nitrogens with two attached hydrogens (primary N) is 2. The third-order valence-electron chi connectivity index (χ3n) is 1.80. The van der Waals surface area contributed by atoms with Crippen LogP contribution in [0.25, 0.3) is 0 Å². The van der Waals surface area contributed by atoms with E-state index in [-0.39, 0.29) is 0 Å². The zero-order valence-electron chi connectivity index (χ0n) is 10.5. The molecule has 0 aromatic rings. The molecular formula is C9H14N2O10. The van der Waals surface area contributed by atoms with Gasteiger partial charge in [-0.1, -0.05) is 0 Å². The van der Waals surface area contributed by atoms with Crippen molar-refractivity contribution in [3.05, 3.63) is 0 Å². The van der Waals surface area contributed by atoms with E-state index in [1.807, 2.05) is 0 Å². The van der Waals surface area contributed by atoms with Crippen molar-refractivity contribution in [2.45, 2.75) is 31.1 Å². The number of hydrogen-bond acceptors (Lipinski definition) is 10. The Labute approximate surface area is 116 Å². The van der Waals surface area contributed by atoms with Crippen molar-refractivity contribution >= 4 is 23.9 Å². The molecule has 12 heteroatoms. The van der Waals surface area contributed by atoms with Crippen molar-refractivity contribution in [3.63, 3.8) is 0 Å². The molecular weight excluding hydrogens is 296 g/mol. The molecule has 0 saturated heterocycles. The fourth-order valence-corrected chi connectivity index (χ4v) is 0.969. The van der Waals surface area contributed by atoms with Crippen LogP contribution in [-0.2, 0) is 28.7 Å². The van der Waals surface area contributed by atoms with Gasteiger partial charge in [0.1, 0.15) is 0 Å². The molecule has 0 bridgehead atoms. The topological polar surface area (TPSA) is 220 Å². The first kappa shape index (κ1) is 18.7. The maximum Gasteiger partial charge on any atom is 0.380 e. The number of ether oxygens (including phenoxy) is 2. The summed E-state index contributed by atoms with van der Waals surface area (Å²) >= 11 is 0. The Bertz CT molecular complexity index is 396. The lowest BCUT2D eigenvalue weighted by atomic mass is 10.2. The van der Waals surface area contributed by atoms with Gasteiger partial charge >= 0.3 is 29.9 Å². The Kier molecular flexibility index (Phi) is 6.68. The summed E-state index contributed by atoms with van der Waals surface area (Å²) < 4.78 is 8.26. The third-order valence-corrected chi connectivity index (χ3v) is 1.80. The third kappa shape index (κ3) is 7.78. The molecule has 12 nitrogen and oxygen atoms in total. The van der Waals surface area contributed by atoms with E-state index < -0.39 is 55.0 Å². The first-order valence-corrected chi connectivity index (χ1v) is 5.27. The average molecular weight is 310 g/mol. The van der Waals surface area contributed by atoms with Gasteiger partial charge in [0.05, 0.1) is 12.8 Å². The van der Waals surface area contributed by atoms with Gasteiger partial charge in [0.25, 0.3) is 0 Å². The molecule has 0 aliphatic carbocycles. The van der Waals surface area contributed by atoms with Crippen molar-refractivity contribution in [2.75, 3.05) is 0 Å². The minimum atomic E-state index is -2.92. The Morgan fingerprint density at radius 1 is 0.857 bits per heavy atom. The van der Waals surface area contributed by atoms with Crippen LogP contribution >= 0.6 is 0 Å². The molecule has 120 valence electrons. The molecule has 0 aliphatic rings. The molecule has 0 saturated carbocycles. The van der Waals surface area contributed by atoms with E-state index in [0.717, 1.165) is 0 Å². The van der Waals surface area contributed by atoms with Gasteiger partial charge in [0.15, 0.2) is 12.2 Å². The monoisotopic (exact) mass is 310 g/mol. The Hall–Kier alpha value is -2.28. The molecule has 0 heterocycles. The molecule has 0 amide bonds. The second-order valence-electron chi connectivity index (χ2n) is 3.79. The largest absolute Gasteiger partial charge is 0.481 e. The fraction of sp³-hybridized carbons (Fsp3) is 0.556. The van der Waals surface area contributed by atoms with Crippen LogP contribution in [0.4, 0.5) is 0 Å². The van der Waals surface area contributed by atoms with Gasteiger partial charge < -0.3 is 29.9 Å². The van der Waals surface area contributed by atoms with E-state index in [2.05, 4.69) is 9.47 Å². The van der Waals surface area contributed by atoms with Crippen molar-refractivity contribution in [1.29, 1.82) is 0 Å². The SMILES string of the molecule is NC(N)(OC(=O)C(O)CC(=O)O)OC(=O)C(O)CC(=O)O. The first-order chi connectivity index (χ1) is 9.44. The number of carbonyl (C=O) groups excluding carboxylic acids is 2. The maximum atomic E-state index is 11.2. The quantitative estimate of drug-likeness (QED) is 0.188. The van der Waals surface area contributed by atoms with Crippen LogP contribution in [0, 0.1) is 0 Å². The van der Waals surface area contributed by atoms with Crippen LogP contribution in [-0.4, -0.2) is 62.5 Å². The van der Waals surface area contributed by atoms with E-state index >= 15 is 0 Å². The molecule has 0 aliphatic heterocycles. The smallest absolute Gasteiger partial charge is 0.380 e. The first-order valence-electron chi connectivity index (χ1n) is 5.27. The molecule has 0 spiro atoms. The number of rotatable bonds is 8. The number of hydrogen-bond donors (Lipinski definition) is 6. The van der Waals surface area contributed by atoms with Crippen molar-refractivity contribution in [2.24, 2.45) is 11.5 Å². The van der Waals surface area contributed by atoms with Crippen molar-refractivity contribution in [3.8, 4) is 0 Å². The summed E-state index contributed by atoms with van der Waals surface area (Å²) in [5.74, 6) is -6.23. The summed E-state index contributed by atoms with van der Waals surface area (Å²) in [6.07, 6.45) is -6.25. The van der Waals surface area contributed by atoms with Gasteiger partial charge in [0, 0.05) is 0 Å². The molecule has 0 rings (SSSR count). The highest BCUT2D eigenvalue weighted by molar-refractivity contribution is 5.82. The van der Waals surface area contributed by atoms with Gasteiger partial charge in [0.2, 0.25) is 0 Å². The van der Waals surface area contributed by atoms with Crippen LogP contribution in [0.2, 0.25) is 0 Å². The summed E-state index contributed by atoms with van der Waals surface area (Å²) in [6.45, 7) is 0. The van der Waals surface area contributed by atoms with Gasteiger partial charge in [-0.2, -0.15) is 0 Å². The van der Waals surface area contributed by atoms with E-state index in [4.69, 9.17) is 31.9 Å². The minimum Gasteiger partial charge on any atom is -0.481 e. The molecule has 0 aromatic heterocycles. The van der Waals surface area contributed by atoms with Crippen molar-refractivity contribution in [1.82, 2.24) is 0 Å². The van der Waals surface area contributed by atoms with Gasteiger partial charge in [-0.15, -0.1) is 0 Å².